The first-order valence-corrected chi connectivity index (χ1v) is 5.99. The van der Waals surface area contributed by atoms with Gasteiger partial charge in [0.15, 0.2) is 6.10 Å². The van der Waals surface area contributed by atoms with Crippen molar-refractivity contribution in [3.8, 4) is 0 Å². The van der Waals surface area contributed by atoms with Crippen molar-refractivity contribution in [3.05, 3.63) is 0 Å². The monoisotopic (exact) mass is 275 g/mol. The lowest BCUT2D eigenvalue weighted by Gasteiger charge is -2.20. The van der Waals surface area contributed by atoms with E-state index in [2.05, 4.69) is 10.6 Å². The average Bonchev–Trinajstić information content (AvgIpc) is 2.36. The summed E-state index contributed by atoms with van der Waals surface area (Å²) in [7, 11) is 1.63. The Kier molecular flexibility index (Phi) is 7.50. The molecule has 19 heavy (non-hydrogen) atoms. The van der Waals surface area contributed by atoms with Crippen LogP contribution in [0.3, 0.4) is 0 Å². The Morgan fingerprint density at radius 1 is 1.32 bits per heavy atom. The number of aliphatic hydroxyl groups excluding tert-OH is 1. The second kappa shape index (κ2) is 8.30. The number of carboxylic acids is 1. The molecule has 0 heterocycles. The molecule has 0 aliphatic carbocycles. The van der Waals surface area contributed by atoms with E-state index in [0.29, 0.717) is 6.54 Å². The molecule has 0 aromatic rings. The molecule has 8 nitrogen and oxygen atoms in total. The van der Waals surface area contributed by atoms with E-state index in [9.17, 15) is 14.4 Å². The number of carbonyl (C=O) groups excluding carboxylic acids is 2. The summed E-state index contributed by atoms with van der Waals surface area (Å²) in [6, 6.07) is -1.25. The minimum atomic E-state index is -1.51. The second-order valence-corrected chi connectivity index (χ2v) is 4.12. The fraction of sp³-hybridized carbons (Fsp3) is 0.727. The number of aliphatic hydroxyl groups is 1. The number of nitrogens with zero attached hydrogens (tertiary/aromatic N) is 1. The molecule has 4 N–H and O–H groups in total. The molecule has 0 aliphatic rings. The Bertz CT molecular complexity index is 334. The van der Waals surface area contributed by atoms with E-state index in [-0.39, 0.29) is 18.9 Å². The van der Waals surface area contributed by atoms with E-state index in [0.717, 1.165) is 0 Å². The highest BCUT2D eigenvalue weighted by Gasteiger charge is 2.18. The molecule has 0 aromatic carbocycles. The van der Waals surface area contributed by atoms with Crippen LogP contribution in [0, 0.1) is 0 Å². The number of likely N-dealkylation sites (N-methyl/N-ethyl adjacent to an activating group) is 1. The highest BCUT2D eigenvalue weighted by Crippen LogP contribution is 1.92. The van der Waals surface area contributed by atoms with Gasteiger partial charge in [0.25, 0.3) is 0 Å². The molecule has 0 radical (unpaired) electrons. The Morgan fingerprint density at radius 3 is 2.37 bits per heavy atom. The molecule has 110 valence electrons. The van der Waals surface area contributed by atoms with E-state index in [1.165, 1.54) is 4.90 Å². The quantitative estimate of drug-likeness (QED) is 0.474. The summed E-state index contributed by atoms with van der Waals surface area (Å²) in [4.78, 5) is 34.8. The molecule has 0 saturated heterocycles. The molecule has 0 bridgehead atoms. The van der Waals surface area contributed by atoms with E-state index in [1.807, 2.05) is 6.92 Å². The normalized spacial score (nSPS) is 13.3. The van der Waals surface area contributed by atoms with Gasteiger partial charge in [-0.05, 0) is 13.8 Å². The van der Waals surface area contributed by atoms with Gasteiger partial charge in [0.2, 0.25) is 5.91 Å². The third kappa shape index (κ3) is 6.61. The first-order chi connectivity index (χ1) is 8.79. The lowest BCUT2D eigenvalue weighted by Crippen LogP contribution is -2.49. The van der Waals surface area contributed by atoms with Gasteiger partial charge in [-0.15, -0.1) is 0 Å². The SMILES string of the molecule is CCN(C)C(=O)C(C)NC(=O)NCCC(O)C(=O)O. The van der Waals surface area contributed by atoms with Gasteiger partial charge in [-0.2, -0.15) is 0 Å². The van der Waals surface area contributed by atoms with E-state index in [4.69, 9.17) is 10.2 Å². The summed E-state index contributed by atoms with van der Waals surface area (Å²) in [6.07, 6.45) is -1.61. The Morgan fingerprint density at radius 2 is 1.89 bits per heavy atom. The Hall–Kier alpha value is -1.83. The molecule has 2 unspecified atom stereocenters. The van der Waals surface area contributed by atoms with Crippen LogP contribution in [-0.2, 0) is 9.59 Å². The van der Waals surface area contributed by atoms with Crippen molar-refractivity contribution in [1.82, 2.24) is 15.5 Å². The first-order valence-electron chi connectivity index (χ1n) is 5.99. The number of urea groups is 1. The molecule has 2 atom stereocenters. The van der Waals surface area contributed by atoms with Gasteiger partial charge in [0.1, 0.15) is 6.04 Å². The molecule has 0 aliphatic heterocycles. The smallest absolute Gasteiger partial charge is 0.332 e. The van der Waals surface area contributed by atoms with Crippen LogP contribution in [0.5, 0.6) is 0 Å². The third-order valence-corrected chi connectivity index (χ3v) is 2.56. The molecule has 3 amide bonds. The van der Waals surface area contributed by atoms with Crippen LogP contribution in [0.4, 0.5) is 4.79 Å². The number of amides is 3. The molecular weight excluding hydrogens is 254 g/mol. The average molecular weight is 275 g/mol. The second-order valence-electron chi connectivity index (χ2n) is 4.12. The number of carboxylic acid groups (broad SMARTS) is 1. The fourth-order valence-corrected chi connectivity index (χ4v) is 1.24. The number of carbonyl (C=O) groups is 3. The number of hydrogen-bond donors (Lipinski definition) is 4. The van der Waals surface area contributed by atoms with E-state index in [1.54, 1.807) is 14.0 Å². The summed E-state index contributed by atoms with van der Waals surface area (Å²) in [5, 5.41) is 22.2. The third-order valence-electron chi connectivity index (χ3n) is 2.56. The van der Waals surface area contributed by atoms with Crippen LogP contribution in [0.15, 0.2) is 0 Å². The van der Waals surface area contributed by atoms with Gasteiger partial charge in [0, 0.05) is 26.6 Å². The van der Waals surface area contributed by atoms with Crippen LogP contribution < -0.4 is 10.6 Å². The van der Waals surface area contributed by atoms with Gasteiger partial charge in [-0.25, -0.2) is 9.59 Å². The number of nitrogens with one attached hydrogen (secondary N) is 2. The summed E-state index contributed by atoms with van der Waals surface area (Å²) < 4.78 is 0. The van der Waals surface area contributed by atoms with Crippen LogP contribution in [0.1, 0.15) is 20.3 Å². The van der Waals surface area contributed by atoms with Crippen molar-refractivity contribution >= 4 is 17.9 Å². The van der Waals surface area contributed by atoms with Gasteiger partial charge in [-0.3, -0.25) is 4.79 Å². The maximum Gasteiger partial charge on any atom is 0.332 e. The van der Waals surface area contributed by atoms with Crippen molar-refractivity contribution in [1.29, 1.82) is 0 Å². The van der Waals surface area contributed by atoms with Gasteiger partial charge < -0.3 is 25.7 Å². The maximum absolute atomic E-state index is 11.6. The molecule has 0 fully saturated rings. The predicted molar refractivity (Wildman–Crippen MR) is 67.6 cm³/mol. The highest BCUT2D eigenvalue weighted by molar-refractivity contribution is 5.86. The topological polar surface area (TPSA) is 119 Å². The molecule has 0 aromatic heterocycles. The van der Waals surface area contributed by atoms with Crippen molar-refractivity contribution < 1.29 is 24.6 Å². The zero-order chi connectivity index (χ0) is 15.0. The lowest BCUT2D eigenvalue weighted by atomic mass is 10.2. The number of aliphatic carboxylic acids is 1. The largest absolute Gasteiger partial charge is 0.479 e. The molecule has 0 saturated carbocycles. The molecular formula is C11H21N3O5. The maximum atomic E-state index is 11.6. The standard InChI is InChI=1S/C11H21N3O5/c1-4-14(3)9(16)7(2)13-11(19)12-6-5-8(15)10(17)18/h7-8,15H,4-6H2,1-3H3,(H,17,18)(H2,12,13,19). The molecule has 0 spiro atoms. The first kappa shape index (κ1) is 17.2. The zero-order valence-electron chi connectivity index (χ0n) is 11.3. The minimum Gasteiger partial charge on any atom is -0.479 e. The van der Waals surface area contributed by atoms with Crippen molar-refractivity contribution in [2.24, 2.45) is 0 Å². The predicted octanol–water partition coefficient (Wildman–Crippen LogP) is -1.01. The van der Waals surface area contributed by atoms with Crippen LogP contribution in [-0.4, -0.2) is 65.3 Å². The Balaban J connectivity index is 3.98. The van der Waals surface area contributed by atoms with Gasteiger partial charge >= 0.3 is 12.0 Å². The summed E-state index contributed by atoms with van der Waals surface area (Å²) in [5.41, 5.74) is 0. The zero-order valence-corrected chi connectivity index (χ0v) is 11.3. The van der Waals surface area contributed by atoms with Gasteiger partial charge in [-0.1, -0.05) is 0 Å². The van der Waals surface area contributed by atoms with E-state index >= 15 is 0 Å². The number of hydrogen-bond acceptors (Lipinski definition) is 4. The fourth-order valence-electron chi connectivity index (χ4n) is 1.24. The van der Waals surface area contributed by atoms with Crippen molar-refractivity contribution in [2.45, 2.75) is 32.4 Å². The molecule has 8 heteroatoms. The summed E-state index contributed by atoms with van der Waals surface area (Å²) in [6.45, 7) is 3.92. The van der Waals surface area contributed by atoms with Crippen LogP contribution >= 0.6 is 0 Å². The summed E-state index contributed by atoms with van der Waals surface area (Å²) in [5.74, 6) is -1.56. The lowest BCUT2D eigenvalue weighted by molar-refractivity contribution is -0.146. The van der Waals surface area contributed by atoms with Gasteiger partial charge in [0.05, 0.1) is 0 Å². The van der Waals surface area contributed by atoms with Crippen molar-refractivity contribution in [2.75, 3.05) is 20.1 Å². The summed E-state index contributed by atoms with van der Waals surface area (Å²) >= 11 is 0. The minimum absolute atomic E-state index is 0.00380. The van der Waals surface area contributed by atoms with E-state index < -0.39 is 24.1 Å². The van der Waals surface area contributed by atoms with Crippen LogP contribution in [0.2, 0.25) is 0 Å². The van der Waals surface area contributed by atoms with Crippen molar-refractivity contribution in [3.63, 3.8) is 0 Å². The Labute approximate surface area is 111 Å². The highest BCUT2D eigenvalue weighted by atomic mass is 16.4. The van der Waals surface area contributed by atoms with Crippen LogP contribution in [0.25, 0.3) is 0 Å². The number of rotatable bonds is 7. The molecule has 0 rings (SSSR count).